The number of aryl methyl sites for hydroxylation is 3. The summed E-state index contributed by atoms with van der Waals surface area (Å²) in [6.45, 7) is 2.30. The van der Waals surface area contributed by atoms with Crippen LogP contribution in [0, 0.1) is 17.5 Å². The Labute approximate surface area is 124 Å². The Morgan fingerprint density at radius 3 is 2.95 bits per heavy atom. The Morgan fingerprint density at radius 2 is 2.29 bits per heavy atom. The molecule has 8 heteroatoms. The Balaban J connectivity index is 1.97. The van der Waals surface area contributed by atoms with Crippen LogP contribution in [0.5, 0.6) is 5.75 Å². The summed E-state index contributed by atoms with van der Waals surface area (Å²) in [5.74, 6) is 0.886. The molecular weight excluding hydrogens is 295 g/mol. The van der Waals surface area contributed by atoms with Crippen molar-refractivity contribution >= 4 is 23.3 Å². The van der Waals surface area contributed by atoms with Crippen LogP contribution in [0.4, 0.5) is 4.39 Å². The molecule has 0 amide bonds. The summed E-state index contributed by atoms with van der Waals surface area (Å²) >= 11 is 5.28. The molecule has 0 aliphatic carbocycles. The van der Waals surface area contributed by atoms with Crippen LogP contribution in [0.1, 0.15) is 11.7 Å². The molecule has 0 bridgehead atoms. The third-order valence-corrected chi connectivity index (χ3v) is 3.50. The lowest BCUT2D eigenvalue weighted by Gasteiger charge is -2.05. The van der Waals surface area contributed by atoms with E-state index in [-0.39, 0.29) is 5.75 Å². The van der Waals surface area contributed by atoms with Crippen LogP contribution in [-0.2, 0) is 13.0 Å². The number of halogens is 1. The average molecular weight is 308 g/mol. The van der Waals surface area contributed by atoms with Crippen molar-refractivity contribution in [1.29, 1.82) is 0 Å². The number of imidazole rings is 1. The molecule has 1 N–H and O–H groups in total. The summed E-state index contributed by atoms with van der Waals surface area (Å²) in [6.07, 6.45) is 0.568. The molecule has 0 unspecified atom stereocenters. The number of nitrogens with zero attached hydrogens (tertiary/aromatic N) is 3. The molecule has 0 atom stereocenters. The number of H-pyrrole nitrogens is 1. The number of rotatable bonds is 4. The number of hydrogen-bond acceptors (Lipinski definition) is 5. The van der Waals surface area contributed by atoms with E-state index in [4.69, 9.17) is 21.5 Å². The van der Waals surface area contributed by atoms with E-state index in [2.05, 4.69) is 15.1 Å². The highest BCUT2D eigenvalue weighted by Gasteiger charge is 2.11. The topological polar surface area (TPSA) is 68.9 Å². The fourth-order valence-electron chi connectivity index (χ4n) is 2.19. The van der Waals surface area contributed by atoms with E-state index < -0.39 is 5.82 Å². The van der Waals surface area contributed by atoms with Crippen molar-refractivity contribution in [2.24, 2.45) is 0 Å². The lowest BCUT2D eigenvalue weighted by Crippen LogP contribution is -2.03. The monoisotopic (exact) mass is 308 g/mol. The average Bonchev–Trinajstić information content (AvgIpc) is 2.98. The zero-order valence-corrected chi connectivity index (χ0v) is 12.3. The molecule has 110 valence electrons. The molecule has 0 aliphatic heterocycles. The third-order valence-electron chi connectivity index (χ3n) is 3.18. The van der Waals surface area contributed by atoms with Crippen LogP contribution >= 0.6 is 12.2 Å². The second kappa shape index (κ2) is 5.28. The minimum Gasteiger partial charge on any atom is -0.494 e. The van der Waals surface area contributed by atoms with Crippen molar-refractivity contribution in [2.45, 2.75) is 19.9 Å². The van der Waals surface area contributed by atoms with Gasteiger partial charge in [-0.2, -0.15) is 4.98 Å². The van der Waals surface area contributed by atoms with Crippen molar-refractivity contribution < 1.29 is 13.7 Å². The van der Waals surface area contributed by atoms with Gasteiger partial charge in [-0.25, -0.2) is 4.39 Å². The number of nitrogens with one attached hydrogen (secondary N) is 1. The number of benzene rings is 1. The lowest BCUT2D eigenvalue weighted by atomic mass is 10.2. The molecule has 0 saturated heterocycles. The van der Waals surface area contributed by atoms with Gasteiger partial charge in [0.25, 0.3) is 0 Å². The molecule has 0 saturated carbocycles. The molecule has 3 rings (SSSR count). The van der Waals surface area contributed by atoms with Gasteiger partial charge >= 0.3 is 0 Å². The predicted octanol–water partition coefficient (Wildman–Crippen LogP) is 2.78. The first-order valence-corrected chi connectivity index (χ1v) is 6.74. The maximum absolute atomic E-state index is 13.7. The van der Waals surface area contributed by atoms with E-state index in [0.29, 0.717) is 35.0 Å². The van der Waals surface area contributed by atoms with E-state index in [0.717, 1.165) is 5.52 Å². The second-order valence-electron chi connectivity index (χ2n) is 4.57. The fourth-order valence-corrected chi connectivity index (χ4v) is 2.49. The van der Waals surface area contributed by atoms with Gasteiger partial charge in [-0.15, -0.1) is 0 Å². The highest BCUT2D eigenvalue weighted by atomic mass is 32.1. The van der Waals surface area contributed by atoms with Gasteiger partial charge in [0.05, 0.1) is 18.1 Å². The molecule has 2 heterocycles. The second-order valence-corrected chi connectivity index (χ2v) is 4.95. The Hall–Kier alpha value is -2.22. The van der Waals surface area contributed by atoms with Gasteiger partial charge in [-0.05, 0) is 12.2 Å². The summed E-state index contributed by atoms with van der Waals surface area (Å²) in [5, 5.41) is 3.84. The van der Waals surface area contributed by atoms with Gasteiger partial charge in [0.2, 0.25) is 5.89 Å². The lowest BCUT2D eigenvalue weighted by molar-refractivity contribution is 0.386. The molecule has 6 nitrogen and oxygen atoms in total. The van der Waals surface area contributed by atoms with Crippen LogP contribution in [0.25, 0.3) is 11.0 Å². The number of hydrogen-bond donors (Lipinski definition) is 1. The van der Waals surface area contributed by atoms with Crippen LogP contribution < -0.4 is 4.74 Å². The van der Waals surface area contributed by atoms with Gasteiger partial charge in [-0.1, -0.05) is 5.16 Å². The quantitative estimate of drug-likeness (QED) is 0.751. The summed E-state index contributed by atoms with van der Waals surface area (Å²) in [5.41, 5.74) is 1.40. The van der Waals surface area contributed by atoms with Gasteiger partial charge in [0.15, 0.2) is 22.2 Å². The van der Waals surface area contributed by atoms with Crippen LogP contribution in [0.3, 0.4) is 0 Å². The number of aromatic nitrogens is 4. The fraction of sp³-hybridized carbons (Fsp3) is 0.308. The molecule has 0 spiro atoms. The van der Waals surface area contributed by atoms with Crippen molar-refractivity contribution in [3.63, 3.8) is 0 Å². The van der Waals surface area contributed by atoms with E-state index in [1.807, 2.05) is 4.57 Å². The summed E-state index contributed by atoms with van der Waals surface area (Å²) < 4.78 is 26.0. The Kier molecular flexibility index (Phi) is 3.46. The molecule has 0 aliphatic rings. The summed E-state index contributed by atoms with van der Waals surface area (Å²) in [7, 11) is 1.43. The number of ether oxygens (including phenoxy) is 1. The number of aromatic amines is 1. The van der Waals surface area contributed by atoms with Crippen LogP contribution in [-0.4, -0.2) is 26.8 Å². The smallest absolute Gasteiger partial charge is 0.223 e. The SMILES string of the molecule is COc1cc2c(cc1F)[nH]c(=S)n2CCc1noc(C)n1. The summed E-state index contributed by atoms with van der Waals surface area (Å²) in [4.78, 5) is 7.13. The third kappa shape index (κ3) is 2.54. The van der Waals surface area contributed by atoms with Crippen molar-refractivity contribution in [1.82, 2.24) is 19.7 Å². The summed E-state index contributed by atoms with van der Waals surface area (Å²) in [6, 6.07) is 3.00. The number of methoxy groups -OCH3 is 1. The molecule has 1 aromatic carbocycles. The molecule has 2 aromatic heterocycles. The minimum absolute atomic E-state index is 0.181. The van der Waals surface area contributed by atoms with Gasteiger partial charge < -0.3 is 18.8 Å². The van der Waals surface area contributed by atoms with Crippen molar-refractivity contribution in [3.8, 4) is 5.75 Å². The normalized spacial score (nSPS) is 11.2. The largest absolute Gasteiger partial charge is 0.494 e. The van der Waals surface area contributed by atoms with E-state index in [1.165, 1.54) is 13.2 Å². The first-order chi connectivity index (χ1) is 10.1. The molecule has 0 radical (unpaired) electrons. The van der Waals surface area contributed by atoms with Gasteiger partial charge in [0, 0.05) is 32.0 Å². The molecule has 21 heavy (non-hydrogen) atoms. The van der Waals surface area contributed by atoms with Crippen LogP contribution in [0.2, 0.25) is 0 Å². The molecule has 0 fully saturated rings. The van der Waals surface area contributed by atoms with E-state index in [1.54, 1.807) is 13.0 Å². The van der Waals surface area contributed by atoms with Gasteiger partial charge in [-0.3, -0.25) is 0 Å². The Morgan fingerprint density at radius 1 is 1.48 bits per heavy atom. The van der Waals surface area contributed by atoms with Crippen molar-refractivity contribution in [3.05, 3.63) is 34.4 Å². The van der Waals surface area contributed by atoms with E-state index in [9.17, 15) is 4.39 Å². The standard InChI is InChI=1S/C13H13FN4O2S/c1-7-15-12(17-20-7)3-4-18-10-6-11(19-2)8(14)5-9(10)16-13(18)21/h5-6H,3-4H2,1-2H3,(H,16,21). The first-order valence-electron chi connectivity index (χ1n) is 6.33. The Bertz CT molecular complexity index is 852. The maximum atomic E-state index is 13.7. The highest BCUT2D eigenvalue weighted by Crippen LogP contribution is 2.24. The predicted molar refractivity (Wildman–Crippen MR) is 76.4 cm³/mol. The van der Waals surface area contributed by atoms with Gasteiger partial charge in [0.1, 0.15) is 0 Å². The van der Waals surface area contributed by atoms with Crippen molar-refractivity contribution in [2.75, 3.05) is 7.11 Å². The highest BCUT2D eigenvalue weighted by molar-refractivity contribution is 7.71. The van der Waals surface area contributed by atoms with Crippen LogP contribution in [0.15, 0.2) is 16.7 Å². The zero-order valence-electron chi connectivity index (χ0n) is 11.5. The minimum atomic E-state index is -0.429. The first kappa shape index (κ1) is 13.7. The molecule has 3 aromatic rings. The zero-order chi connectivity index (χ0) is 15.0. The van der Waals surface area contributed by atoms with E-state index >= 15 is 0 Å². The maximum Gasteiger partial charge on any atom is 0.223 e. The molecular formula is C13H13FN4O2S. The number of fused-ring (bicyclic) bond motifs is 1.